The van der Waals surface area contributed by atoms with E-state index in [4.69, 9.17) is 13.9 Å². The van der Waals surface area contributed by atoms with E-state index in [2.05, 4.69) is 11.4 Å². The first-order chi connectivity index (χ1) is 9.83. The molecule has 4 nitrogen and oxygen atoms in total. The van der Waals surface area contributed by atoms with Crippen LogP contribution < -0.4 is 5.32 Å². The van der Waals surface area contributed by atoms with Crippen molar-refractivity contribution in [3.05, 3.63) is 35.6 Å². The molecule has 0 aliphatic heterocycles. The third-order valence-electron chi connectivity index (χ3n) is 3.28. The van der Waals surface area contributed by atoms with E-state index < -0.39 is 0 Å². The molecule has 0 radical (unpaired) electrons. The molecular weight excluding hydrogens is 254 g/mol. The zero-order chi connectivity index (χ0) is 14.2. The van der Waals surface area contributed by atoms with E-state index in [0.717, 1.165) is 37.5 Å². The summed E-state index contributed by atoms with van der Waals surface area (Å²) in [4.78, 5) is 0. The van der Waals surface area contributed by atoms with E-state index >= 15 is 0 Å². The molecule has 0 atom stereocenters. The molecule has 1 N–H and O–H groups in total. The number of hydrogen-bond donors (Lipinski definition) is 1. The first kappa shape index (κ1) is 15.0. The molecule has 0 unspecified atom stereocenters. The molecule has 2 aromatic rings. The molecule has 0 amide bonds. The van der Waals surface area contributed by atoms with Crippen molar-refractivity contribution in [2.75, 3.05) is 33.5 Å². The summed E-state index contributed by atoms with van der Waals surface area (Å²) in [5.74, 6) is 0.995. The number of benzene rings is 1. The Morgan fingerprint density at radius 2 is 2.00 bits per heavy atom. The number of nitrogens with one attached hydrogen (secondary N) is 1. The minimum atomic E-state index is 0.660. The van der Waals surface area contributed by atoms with Crippen molar-refractivity contribution in [2.45, 2.75) is 19.9 Å². The average molecular weight is 277 g/mol. The zero-order valence-corrected chi connectivity index (χ0v) is 12.3. The first-order valence-electron chi connectivity index (χ1n) is 7.07. The van der Waals surface area contributed by atoms with E-state index in [9.17, 15) is 0 Å². The normalized spacial score (nSPS) is 11.3. The SMILES string of the molecule is COCCOCCCNCc1c(C)oc2ccccc12. The lowest BCUT2D eigenvalue weighted by molar-refractivity contribution is 0.0695. The van der Waals surface area contributed by atoms with E-state index in [1.807, 2.05) is 25.1 Å². The van der Waals surface area contributed by atoms with Gasteiger partial charge in [0.15, 0.2) is 0 Å². The summed E-state index contributed by atoms with van der Waals surface area (Å²) in [6, 6.07) is 8.16. The molecule has 0 bridgehead atoms. The van der Waals surface area contributed by atoms with Crippen molar-refractivity contribution >= 4 is 11.0 Å². The number of methoxy groups -OCH3 is 1. The highest BCUT2D eigenvalue weighted by Gasteiger charge is 2.09. The van der Waals surface area contributed by atoms with Crippen LogP contribution in [-0.2, 0) is 16.0 Å². The Hall–Kier alpha value is -1.36. The summed E-state index contributed by atoms with van der Waals surface area (Å²) >= 11 is 0. The van der Waals surface area contributed by atoms with Gasteiger partial charge in [-0.05, 0) is 26.0 Å². The average Bonchev–Trinajstić information content (AvgIpc) is 2.78. The Balaban J connectivity index is 1.72. The highest BCUT2D eigenvalue weighted by Crippen LogP contribution is 2.24. The van der Waals surface area contributed by atoms with Crippen molar-refractivity contribution in [2.24, 2.45) is 0 Å². The van der Waals surface area contributed by atoms with Crippen molar-refractivity contribution in [1.82, 2.24) is 5.32 Å². The van der Waals surface area contributed by atoms with Gasteiger partial charge in [0.1, 0.15) is 11.3 Å². The predicted octanol–water partition coefficient (Wildman–Crippen LogP) is 2.88. The predicted molar refractivity (Wildman–Crippen MR) is 80.0 cm³/mol. The van der Waals surface area contributed by atoms with Gasteiger partial charge in [-0.1, -0.05) is 18.2 Å². The van der Waals surface area contributed by atoms with Crippen LogP contribution in [0.4, 0.5) is 0 Å². The van der Waals surface area contributed by atoms with Gasteiger partial charge >= 0.3 is 0 Å². The van der Waals surface area contributed by atoms with Crippen molar-refractivity contribution in [1.29, 1.82) is 0 Å². The van der Waals surface area contributed by atoms with Gasteiger partial charge in [0.05, 0.1) is 13.2 Å². The van der Waals surface area contributed by atoms with Crippen molar-refractivity contribution < 1.29 is 13.9 Å². The summed E-state index contributed by atoms with van der Waals surface area (Å²) in [7, 11) is 1.68. The minimum absolute atomic E-state index is 0.660. The molecule has 20 heavy (non-hydrogen) atoms. The van der Waals surface area contributed by atoms with E-state index in [-0.39, 0.29) is 0 Å². The van der Waals surface area contributed by atoms with Crippen LogP contribution in [0.25, 0.3) is 11.0 Å². The second-order valence-corrected chi connectivity index (χ2v) is 4.77. The van der Waals surface area contributed by atoms with Gasteiger partial charge in [-0.3, -0.25) is 0 Å². The Kier molecular flexibility index (Phi) is 6.05. The minimum Gasteiger partial charge on any atom is -0.461 e. The van der Waals surface area contributed by atoms with Gasteiger partial charge < -0.3 is 19.2 Å². The third kappa shape index (κ3) is 4.07. The molecule has 0 spiro atoms. The molecule has 0 aliphatic rings. The summed E-state index contributed by atoms with van der Waals surface area (Å²) in [5.41, 5.74) is 2.21. The zero-order valence-electron chi connectivity index (χ0n) is 12.3. The standard InChI is InChI=1S/C16H23NO3/c1-13-15(14-6-3-4-7-16(14)20-13)12-17-8-5-9-19-11-10-18-2/h3-4,6-7,17H,5,8-12H2,1-2H3. The number of fused-ring (bicyclic) bond motifs is 1. The highest BCUT2D eigenvalue weighted by molar-refractivity contribution is 5.82. The topological polar surface area (TPSA) is 43.6 Å². The lowest BCUT2D eigenvalue weighted by atomic mass is 10.1. The Labute approximate surface area is 120 Å². The Morgan fingerprint density at radius 1 is 1.15 bits per heavy atom. The molecule has 110 valence electrons. The molecule has 0 saturated carbocycles. The molecule has 4 heteroatoms. The van der Waals surface area contributed by atoms with Crippen molar-refractivity contribution in [3.8, 4) is 0 Å². The fourth-order valence-corrected chi connectivity index (χ4v) is 2.20. The van der Waals surface area contributed by atoms with E-state index in [1.165, 1.54) is 10.9 Å². The van der Waals surface area contributed by atoms with Gasteiger partial charge in [-0.2, -0.15) is 0 Å². The second-order valence-electron chi connectivity index (χ2n) is 4.77. The van der Waals surface area contributed by atoms with Crippen LogP contribution in [0, 0.1) is 6.92 Å². The Morgan fingerprint density at radius 3 is 2.85 bits per heavy atom. The third-order valence-corrected chi connectivity index (χ3v) is 3.28. The lowest BCUT2D eigenvalue weighted by Gasteiger charge is -2.05. The van der Waals surface area contributed by atoms with E-state index in [0.29, 0.717) is 13.2 Å². The van der Waals surface area contributed by atoms with Gasteiger partial charge in [0, 0.05) is 31.2 Å². The number of aryl methyl sites for hydroxylation is 1. The van der Waals surface area contributed by atoms with E-state index in [1.54, 1.807) is 7.11 Å². The number of para-hydroxylation sites is 1. The van der Waals surface area contributed by atoms with Crippen LogP contribution in [0.2, 0.25) is 0 Å². The van der Waals surface area contributed by atoms with Crippen LogP contribution in [0.15, 0.2) is 28.7 Å². The summed E-state index contributed by atoms with van der Waals surface area (Å²) in [6.07, 6.45) is 0.999. The second kappa shape index (κ2) is 8.04. The number of ether oxygens (including phenoxy) is 2. The van der Waals surface area contributed by atoms with Gasteiger partial charge in [0.25, 0.3) is 0 Å². The fourth-order valence-electron chi connectivity index (χ4n) is 2.20. The maximum atomic E-state index is 5.74. The maximum Gasteiger partial charge on any atom is 0.134 e. The molecule has 1 aromatic carbocycles. The number of rotatable bonds is 9. The number of hydrogen-bond acceptors (Lipinski definition) is 4. The number of furan rings is 1. The fraction of sp³-hybridized carbons (Fsp3) is 0.500. The molecule has 2 rings (SSSR count). The van der Waals surface area contributed by atoms with Crippen LogP contribution in [0.1, 0.15) is 17.7 Å². The van der Waals surface area contributed by atoms with Crippen LogP contribution in [-0.4, -0.2) is 33.5 Å². The molecule has 0 saturated heterocycles. The smallest absolute Gasteiger partial charge is 0.134 e. The summed E-state index contributed by atoms with van der Waals surface area (Å²) in [6.45, 7) is 5.88. The summed E-state index contributed by atoms with van der Waals surface area (Å²) < 4.78 is 16.1. The van der Waals surface area contributed by atoms with Gasteiger partial charge in [0.2, 0.25) is 0 Å². The molecule has 0 aliphatic carbocycles. The molecular formula is C16H23NO3. The van der Waals surface area contributed by atoms with Crippen molar-refractivity contribution in [3.63, 3.8) is 0 Å². The first-order valence-corrected chi connectivity index (χ1v) is 7.07. The van der Waals surface area contributed by atoms with Crippen LogP contribution in [0.3, 0.4) is 0 Å². The molecule has 1 heterocycles. The van der Waals surface area contributed by atoms with Gasteiger partial charge in [-0.25, -0.2) is 0 Å². The molecule has 0 fully saturated rings. The Bertz CT molecular complexity index is 521. The van der Waals surface area contributed by atoms with Crippen LogP contribution in [0.5, 0.6) is 0 Å². The highest BCUT2D eigenvalue weighted by atomic mass is 16.5. The lowest BCUT2D eigenvalue weighted by Crippen LogP contribution is -2.17. The van der Waals surface area contributed by atoms with Gasteiger partial charge in [-0.15, -0.1) is 0 Å². The monoisotopic (exact) mass is 277 g/mol. The maximum absolute atomic E-state index is 5.74. The van der Waals surface area contributed by atoms with Crippen LogP contribution >= 0.6 is 0 Å². The summed E-state index contributed by atoms with van der Waals surface area (Å²) in [5, 5.41) is 4.64. The quantitative estimate of drug-likeness (QED) is 0.716. The molecule has 1 aromatic heterocycles. The largest absolute Gasteiger partial charge is 0.461 e.